The van der Waals surface area contributed by atoms with Crippen LogP contribution < -0.4 is 15.4 Å². The number of carbonyl (C=O) groups excluding carboxylic acids is 2. The molecule has 2 amide bonds. The van der Waals surface area contributed by atoms with Crippen LogP contribution in [0.3, 0.4) is 0 Å². The van der Waals surface area contributed by atoms with E-state index in [1.54, 1.807) is 48.5 Å². The average Bonchev–Trinajstić information content (AvgIpc) is 2.67. The van der Waals surface area contributed by atoms with E-state index >= 15 is 0 Å². The molecule has 1 unspecified atom stereocenters. The zero-order valence-electron chi connectivity index (χ0n) is 16.2. The maximum Gasteiger partial charge on any atom is 0.255 e. The van der Waals surface area contributed by atoms with E-state index in [0.29, 0.717) is 23.4 Å². The summed E-state index contributed by atoms with van der Waals surface area (Å²) in [6.07, 6.45) is 3.40. The molecule has 5 heteroatoms. The van der Waals surface area contributed by atoms with Gasteiger partial charge in [0, 0.05) is 23.4 Å². The van der Waals surface area contributed by atoms with Crippen molar-refractivity contribution >= 4 is 23.2 Å². The Kier molecular flexibility index (Phi) is 7.86. The molecule has 2 aromatic rings. The smallest absolute Gasteiger partial charge is 0.255 e. The SMILES string of the molecule is CCCCC(=O)Nc1cccc(NC(=O)c2ccc(OC(C)CC)cc2)c1. The Balaban J connectivity index is 1.97. The minimum absolute atomic E-state index is 0.0165. The lowest BCUT2D eigenvalue weighted by atomic mass is 10.2. The summed E-state index contributed by atoms with van der Waals surface area (Å²) in [5.41, 5.74) is 1.85. The minimum atomic E-state index is -0.209. The molecule has 2 aromatic carbocycles. The van der Waals surface area contributed by atoms with Crippen LogP contribution in [0.15, 0.2) is 48.5 Å². The number of amides is 2. The highest BCUT2D eigenvalue weighted by Gasteiger charge is 2.09. The van der Waals surface area contributed by atoms with Gasteiger partial charge in [0.2, 0.25) is 5.91 Å². The molecule has 0 aromatic heterocycles. The number of nitrogens with one attached hydrogen (secondary N) is 2. The monoisotopic (exact) mass is 368 g/mol. The second-order valence-corrected chi connectivity index (χ2v) is 6.55. The Morgan fingerprint density at radius 2 is 1.67 bits per heavy atom. The Bertz CT molecular complexity index is 756. The molecule has 0 fully saturated rings. The lowest BCUT2D eigenvalue weighted by Crippen LogP contribution is -2.14. The molecule has 5 nitrogen and oxygen atoms in total. The summed E-state index contributed by atoms with van der Waals surface area (Å²) in [5.74, 6) is 0.523. The lowest BCUT2D eigenvalue weighted by Gasteiger charge is -2.13. The van der Waals surface area contributed by atoms with Crippen LogP contribution in [0, 0.1) is 0 Å². The highest BCUT2D eigenvalue weighted by molar-refractivity contribution is 6.04. The lowest BCUT2D eigenvalue weighted by molar-refractivity contribution is -0.116. The minimum Gasteiger partial charge on any atom is -0.491 e. The standard InChI is InChI=1S/C22H28N2O3/c1-4-6-10-21(25)23-18-8-7-9-19(15-18)24-22(26)17-11-13-20(14-12-17)27-16(3)5-2/h7-9,11-16H,4-6,10H2,1-3H3,(H,23,25)(H,24,26). The van der Waals surface area contributed by atoms with Crippen LogP contribution >= 0.6 is 0 Å². The first-order valence-electron chi connectivity index (χ1n) is 9.49. The van der Waals surface area contributed by atoms with Crippen LogP contribution in [0.25, 0.3) is 0 Å². The Morgan fingerprint density at radius 1 is 1.00 bits per heavy atom. The van der Waals surface area contributed by atoms with E-state index in [9.17, 15) is 9.59 Å². The Morgan fingerprint density at radius 3 is 2.30 bits per heavy atom. The molecule has 0 radical (unpaired) electrons. The molecule has 0 spiro atoms. The van der Waals surface area contributed by atoms with E-state index in [4.69, 9.17) is 4.74 Å². The summed E-state index contributed by atoms with van der Waals surface area (Å²) < 4.78 is 5.73. The van der Waals surface area contributed by atoms with Crippen molar-refractivity contribution in [2.75, 3.05) is 10.6 Å². The van der Waals surface area contributed by atoms with Gasteiger partial charge < -0.3 is 15.4 Å². The molecule has 144 valence electrons. The fourth-order valence-corrected chi connectivity index (χ4v) is 2.44. The number of hydrogen-bond donors (Lipinski definition) is 2. The normalized spacial score (nSPS) is 11.5. The third-order valence-electron chi connectivity index (χ3n) is 4.19. The maximum absolute atomic E-state index is 12.4. The largest absolute Gasteiger partial charge is 0.491 e. The summed E-state index contributed by atoms with van der Waals surface area (Å²) in [6, 6.07) is 14.2. The second-order valence-electron chi connectivity index (χ2n) is 6.55. The highest BCUT2D eigenvalue weighted by atomic mass is 16.5. The Hall–Kier alpha value is -2.82. The molecule has 0 aliphatic rings. The van der Waals surface area contributed by atoms with Crippen LogP contribution in [0.2, 0.25) is 0 Å². The van der Waals surface area contributed by atoms with E-state index in [0.717, 1.165) is 25.0 Å². The molecule has 0 bridgehead atoms. The van der Waals surface area contributed by atoms with E-state index in [-0.39, 0.29) is 17.9 Å². The van der Waals surface area contributed by atoms with E-state index in [2.05, 4.69) is 17.6 Å². The molecule has 1 atom stereocenters. The van der Waals surface area contributed by atoms with Crippen LogP contribution in [0.4, 0.5) is 11.4 Å². The zero-order chi connectivity index (χ0) is 19.6. The molecule has 0 saturated carbocycles. The van der Waals surface area contributed by atoms with Crippen molar-refractivity contribution in [1.29, 1.82) is 0 Å². The van der Waals surface area contributed by atoms with Gasteiger partial charge in [0.1, 0.15) is 5.75 Å². The predicted octanol–water partition coefficient (Wildman–Crippen LogP) is 5.24. The Labute approximate surface area is 161 Å². The van der Waals surface area contributed by atoms with Crippen LogP contribution in [-0.4, -0.2) is 17.9 Å². The van der Waals surface area contributed by atoms with Gasteiger partial charge >= 0.3 is 0 Å². The number of benzene rings is 2. The molecule has 0 heterocycles. The predicted molar refractivity (Wildman–Crippen MR) is 109 cm³/mol. The molecule has 2 rings (SSSR count). The van der Waals surface area contributed by atoms with Crippen LogP contribution in [0.1, 0.15) is 56.8 Å². The third kappa shape index (κ3) is 6.77. The fraction of sp³-hybridized carbons (Fsp3) is 0.364. The third-order valence-corrected chi connectivity index (χ3v) is 4.19. The summed E-state index contributed by atoms with van der Waals surface area (Å²) in [5, 5.41) is 5.71. The average molecular weight is 368 g/mol. The molecule has 2 N–H and O–H groups in total. The number of rotatable bonds is 9. The van der Waals surface area contributed by atoms with Crippen LogP contribution in [0.5, 0.6) is 5.75 Å². The second kappa shape index (κ2) is 10.4. The van der Waals surface area contributed by atoms with Gasteiger partial charge in [0.15, 0.2) is 0 Å². The van der Waals surface area contributed by atoms with E-state index < -0.39 is 0 Å². The maximum atomic E-state index is 12.4. The van der Waals surface area contributed by atoms with Crippen LogP contribution in [-0.2, 0) is 4.79 Å². The van der Waals surface area contributed by atoms with Crippen molar-refractivity contribution in [3.8, 4) is 5.75 Å². The summed E-state index contributed by atoms with van der Waals surface area (Å²) >= 11 is 0. The number of carbonyl (C=O) groups is 2. The molecule has 27 heavy (non-hydrogen) atoms. The van der Waals surface area contributed by atoms with Gasteiger partial charge in [0.25, 0.3) is 5.91 Å². The topological polar surface area (TPSA) is 67.4 Å². The molecular formula is C22H28N2O3. The van der Waals surface area contributed by atoms with Crippen molar-refractivity contribution in [2.45, 2.75) is 52.6 Å². The quantitative estimate of drug-likeness (QED) is 0.635. The van der Waals surface area contributed by atoms with Crippen molar-refractivity contribution in [3.63, 3.8) is 0 Å². The fourth-order valence-electron chi connectivity index (χ4n) is 2.44. The molecule has 0 saturated heterocycles. The number of ether oxygens (including phenoxy) is 1. The molecule has 0 aliphatic heterocycles. The van der Waals surface area contributed by atoms with Gasteiger partial charge in [-0.2, -0.15) is 0 Å². The number of hydrogen-bond acceptors (Lipinski definition) is 3. The van der Waals surface area contributed by atoms with Gasteiger partial charge in [-0.1, -0.05) is 26.3 Å². The molecular weight excluding hydrogens is 340 g/mol. The van der Waals surface area contributed by atoms with Crippen molar-refractivity contribution < 1.29 is 14.3 Å². The van der Waals surface area contributed by atoms with Gasteiger partial charge in [-0.15, -0.1) is 0 Å². The van der Waals surface area contributed by atoms with E-state index in [1.807, 2.05) is 13.8 Å². The summed E-state index contributed by atoms with van der Waals surface area (Å²) in [4.78, 5) is 24.3. The zero-order valence-corrected chi connectivity index (χ0v) is 16.2. The first kappa shape index (κ1) is 20.5. The van der Waals surface area contributed by atoms with Crippen molar-refractivity contribution in [2.24, 2.45) is 0 Å². The summed E-state index contributed by atoms with van der Waals surface area (Å²) in [7, 11) is 0. The number of anilines is 2. The van der Waals surface area contributed by atoms with Gasteiger partial charge in [0.05, 0.1) is 6.10 Å². The van der Waals surface area contributed by atoms with Gasteiger partial charge in [-0.25, -0.2) is 0 Å². The first-order valence-corrected chi connectivity index (χ1v) is 9.49. The van der Waals surface area contributed by atoms with Gasteiger partial charge in [-0.3, -0.25) is 9.59 Å². The van der Waals surface area contributed by atoms with E-state index in [1.165, 1.54) is 0 Å². The first-order chi connectivity index (χ1) is 13.0. The van der Waals surface area contributed by atoms with Crippen molar-refractivity contribution in [1.82, 2.24) is 0 Å². The van der Waals surface area contributed by atoms with Crippen molar-refractivity contribution in [3.05, 3.63) is 54.1 Å². The highest BCUT2D eigenvalue weighted by Crippen LogP contribution is 2.18. The summed E-state index contributed by atoms with van der Waals surface area (Å²) in [6.45, 7) is 6.12. The molecule has 0 aliphatic carbocycles. The number of unbranched alkanes of at least 4 members (excludes halogenated alkanes) is 1. The van der Waals surface area contributed by atoms with Gasteiger partial charge in [-0.05, 0) is 62.2 Å².